The van der Waals surface area contributed by atoms with Gasteiger partial charge < -0.3 is 5.32 Å². The second kappa shape index (κ2) is 5.27. The summed E-state index contributed by atoms with van der Waals surface area (Å²) in [5.41, 5.74) is 2.64. The second-order valence-corrected chi connectivity index (χ2v) is 4.80. The van der Waals surface area contributed by atoms with E-state index in [0.717, 1.165) is 13.0 Å². The zero-order valence-electron chi connectivity index (χ0n) is 10.3. The van der Waals surface area contributed by atoms with Crippen LogP contribution in [-0.4, -0.2) is 16.5 Å². The Balaban J connectivity index is 1.77. The third kappa shape index (κ3) is 2.41. The van der Waals surface area contributed by atoms with Crippen LogP contribution in [0.2, 0.25) is 0 Å². The predicted octanol–water partition coefficient (Wildman–Crippen LogP) is 2.68. The number of nitrogens with one attached hydrogen (secondary N) is 1. The van der Waals surface area contributed by atoms with Crippen molar-refractivity contribution in [2.45, 2.75) is 24.8 Å². The first-order valence-corrected chi connectivity index (χ1v) is 6.47. The first-order chi connectivity index (χ1) is 8.93. The summed E-state index contributed by atoms with van der Waals surface area (Å²) in [5, 5.41) is 3.57. The summed E-state index contributed by atoms with van der Waals surface area (Å²) >= 11 is 0. The molecule has 1 saturated heterocycles. The maximum atomic E-state index is 4.22. The van der Waals surface area contributed by atoms with Gasteiger partial charge in [-0.25, -0.2) is 0 Å². The summed E-state index contributed by atoms with van der Waals surface area (Å²) in [6, 6.07) is 8.78. The maximum absolute atomic E-state index is 4.22. The van der Waals surface area contributed by atoms with Crippen molar-refractivity contribution < 1.29 is 0 Å². The number of rotatable bonds is 2. The van der Waals surface area contributed by atoms with Crippen molar-refractivity contribution in [3.8, 4) is 0 Å². The van der Waals surface area contributed by atoms with Crippen molar-refractivity contribution in [1.29, 1.82) is 0 Å². The summed E-state index contributed by atoms with van der Waals surface area (Å²) in [6.07, 6.45) is 9.92. The van der Waals surface area contributed by atoms with Crippen molar-refractivity contribution in [2.24, 2.45) is 0 Å². The molecular formula is C15H17N3. The Hall–Kier alpha value is -1.74. The molecule has 3 nitrogen and oxygen atoms in total. The van der Waals surface area contributed by atoms with E-state index in [1.165, 1.54) is 17.5 Å². The van der Waals surface area contributed by atoms with Gasteiger partial charge in [-0.2, -0.15) is 0 Å². The zero-order chi connectivity index (χ0) is 12.2. The zero-order valence-corrected chi connectivity index (χ0v) is 10.3. The lowest BCUT2D eigenvalue weighted by Gasteiger charge is -2.30. The Morgan fingerprint density at radius 3 is 2.39 bits per heavy atom. The average Bonchev–Trinajstić information content (AvgIpc) is 2.49. The first-order valence-electron chi connectivity index (χ1n) is 6.47. The highest BCUT2D eigenvalue weighted by molar-refractivity contribution is 5.20. The molecule has 3 heterocycles. The fourth-order valence-electron chi connectivity index (χ4n) is 2.67. The minimum Gasteiger partial charge on any atom is -0.310 e. The largest absolute Gasteiger partial charge is 0.310 e. The lowest BCUT2D eigenvalue weighted by atomic mass is 9.85. The Bertz CT molecular complexity index is 438. The summed E-state index contributed by atoms with van der Waals surface area (Å²) in [5.74, 6) is 0.602. The minimum atomic E-state index is 0.414. The van der Waals surface area contributed by atoms with Gasteiger partial charge in [0.25, 0.3) is 0 Å². The third-order valence-electron chi connectivity index (χ3n) is 3.65. The molecule has 2 atom stereocenters. The highest BCUT2D eigenvalue weighted by Crippen LogP contribution is 2.33. The highest BCUT2D eigenvalue weighted by Gasteiger charge is 2.23. The van der Waals surface area contributed by atoms with Crippen LogP contribution in [0.5, 0.6) is 0 Å². The molecule has 92 valence electrons. The van der Waals surface area contributed by atoms with E-state index in [-0.39, 0.29) is 0 Å². The molecule has 1 fully saturated rings. The molecule has 0 aromatic carbocycles. The van der Waals surface area contributed by atoms with Gasteiger partial charge in [0.1, 0.15) is 0 Å². The lowest BCUT2D eigenvalue weighted by Crippen LogP contribution is -2.31. The van der Waals surface area contributed by atoms with Crippen LogP contribution >= 0.6 is 0 Å². The van der Waals surface area contributed by atoms with Crippen LogP contribution in [0.4, 0.5) is 0 Å². The highest BCUT2D eigenvalue weighted by atomic mass is 14.9. The first kappa shape index (κ1) is 11.4. The van der Waals surface area contributed by atoms with Crippen LogP contribution in [-0.2, 0) is 0 Å². The van der Waals surface area contributed by atoms with E-state index in [1.807, 2.05) is 36.9 Å². The Morgan fingerprint density at radius 2 is 1.72 bits per heavy atom. The number of pyridine rings is 2. The minimum absolute atomic E-state index is 0.414. The molecule has 2 aromatic heterocycles. The average molecular weight is 239 g/mol. The summed E-state index contributed by atoms with van der Waals surface area (Å²) in [4.78, 5) is 8.43. The third-order valence-corrected chi connectivity index (χ3v) is 3.65. The van der Waals surface area contributed by atoms with E-state index in [2.05, 4.69) is 27.4 Å². The van der Waals surface area contributed by atoms with Gasteiger partial charge in [-0.3, -0.25) is 9.97 Å². The molecule has 3 heteroatoms. The monoisotopic (exact) mass is 239 g/mol. The van der Waals surface area contributed by atoms with Gasteiger partial charge >= 0.3 is 0 Å². The summed E-state index contributed by atoms with van der Waals surface area (Å²) in [6.45, 7) is 1.05. The van der Waals surface area contributed by atoms with Gasteiger partial charge in [-0.1, -0.05) is 12.1 Å². The van der Waals surface area contributed by atoms with Gasteiger partial charge in [-0.05, 0) is 48.6 Å². The van der Waals surface area contributed by atoms with Crippen molar-refractivity contribution >= 4 is 0 Å². The molecule has 1 aliphatic rings. The van der Waals surface area contributed by atoms with Crippen molar-refractivity contribution in [1.82, 2.24) is 15.3 Å². The second-order valence-electron chi connectivity index (χ2n) is 4.80. The molecule has 1 N–H and O–H groups in total. The van der Waals surface area contributed by atoms with Crippen LogP contribution in [0.3, 0.4) is 0 Å². The normalized spacial score (nSPS) is 23.8. The van der Waals surface area contributed by atoms with Gasteiger partial charge in [0.2, 0.25) is 0 Å². The van der Waals surface area contributed by atoms with E-state index in [0.29, 0.717) is 12.0 Å². The van der Waals surface area contributed by atoms with Gasteiger partial charge in [0.05, 0.1) is 0 Å². The fraction of sp³-hybridized carbons (Fsp3) is 0.333. The molecule has 0 saturated carbocycles. The van der Waals surface area contributed by atoms with Crippen LogP contribution in [0.25, 0.3) is 0 Å². The van der Waals surface area contributed by atoms with E-state index in [1.54, 1.807) is 0 Å². The Labute approximate surface area is 107 Å². The molecular weight excluding hydrogens is 222 g/mol. The van der Waals surface area contributed by atoms with E-state index < -0.39 is 0 Å². The van der Waals surface area contributed by atoms with Crippen LogP contribution in [0.1, 0.15) is 35.9 Å². The molecule has 0 aliphatic carbocycles. The SMILES string of the molecule is c1cncc(C2CCNC(c3cccnc3)C2)c1. The topological polar surface area (TPSA) is 37.8 Å². The molecule has 0 amide bonds. The fourth-order valence-corrected chi connectivity index (χ4v) is 2.67. The molecule has 3 rings (SSSR count). The van der Waals surface area contributed by atoms with Crippen LogP contribution in [0, 0.1) is 0 Å². The Morgan fingerprint density at radius 1 is 1.00 bits per heavy atom. The van der Waals surface area contributed by atoms with Crippen molar-refractivity contribution in [3.05, 3.63) is 60.2 Å². The lowest BCUT2D eigenvalue weighted by molar-refractivity contribution is 0.369. The molecule has 1 aliphatic heterocycles. The molecule has 0 spiro atoms. The van der Waals surface area contributed by atoms with Gasteiger partial charge in [0.15, 0.2) is 0 Å². The quantitative estimate of drug-likeness (QED) is 0.875. The standard InChI is InChI=1S/C15H17N3/c1-3-13(10-16-6-1)12-5-8-18-15(9-12)14-4-2-7-17-11-14/h1-4,6-7,10-12,15,18H,5,8-9H2. The molecule has 2 aromatic rings. The smallest absolute Gasteiger partial charge is 0.0341 e. The molecule has 0 bridgehead atoms. The predicted molar refractivity (Wildman–Crippen MR) is 71.2 cm³/mol. The molecule has 18 heavy (non-hydrogen) atoms. The number of piperidine rings is 1. The Kier molecular flexibility index (Phi) is 3.33. The van der Waals surface area contributed by atoms with Gasteiger partial charge in [0, 0.05) is 30.8 Å². The maximum Gasteiger partial charge on any atom is 0.0341 e. The van der Waals surface area contributed by atoms with Gasteiger partial charge in [-0.15, -0.1) is 0 Å². The summed E-state index contributed by atoms with van der Waals surface area (Å²) in [7, 11) is 0. The summed E-state index contributed by atoms with van der Waals surface area (Å²) < 4.78 is 0. The van der Waals surface area contributed by atoms with Crippen molar-refractivity contribution in [3.63, 3.8) is 0 Å². The number of hydrogen-bond donors (Lipinski definition) is 1. The van der Waals surface area contributed by atoms with E-state index >= 15 is 0 Å². The van der Waals surface area contributed by atoms with Crippen molar-refractivity contribution in [2.75, 3.05) is 6.54 Å². The number of hydrogen-bond acceptors (Lipinski definition) is 3. The van der Waals surface area contributed by atoms with Crippen LogP contribution < -0.4 is 5.32 Å². The molecule has 0 radical (unpaired) electrons. The molecule has 2 unspecified atom stereocenters. The van der Waals surface area contributed by atoms with E-state index in [9.17, 15) is 0 Å². The number of nitrogens with zero attached hydrogens (tertiary/aromatic N) is 2. The van der Waals surface area contributed by atoms with Crippen LogP contribution in [0.15, 0.2) is 49.1 Å². The number of aromatic nitrogens is 2. The van der Waals surface area contributed by atoms with E-state index in [4.69, 9.17) is 0 Å².